The lowest BCUT2D eigenvalue weighted by Gasteiger charge is -2.06. The van der Waals surface area contributed by atoms with Gasteiger partial charge in [-0.05, 0) is 42.0 Å². The average Bonchev–Trinajstić information content (AvgIpc) is 2.88. The molecule has 0 aliphatic heterocycles. The normalized spacial score (nSPS) is 10.6. The van der Waals surface area contributed by atoms with E-state index in [-0.39, 0.29) is 50.9 Å². The number of nitrogens with zero attached hydrogens (tertiary/aromatic N) is 6. The summed E-state index contributed by atoms with van der Waals surface area (Å²) >= 11 is 0. The molecule has 2 aromatic carbocycles. The number of carboxylic acid groups (broad SMARTS) is 4. The van der Waals surface area contributed by atoms with Crippen molar-refractivity contribution in [3.05, 3.63) is 71.0 Å². The number of carbonyl (C=O) groups is 4. The number of carboxylic acids is 4. The van der Waals surface area contributed by atoms with Crippen LogP contribution in [0.5, 0.6) is 0 Å². The Balaban J connectivity index is 1.64. The first-order valence-corrected chi connectivity index (χ1v) is 9.76. The van der Waals surface area contributed by atoms with Gasteiger partial charge in [0.1, 0.15) is 0 Å². The van der Waals surface area contributed by atoms with E-state index in [1.165, 1.54) is 36.7 Å². The molecule has 178 valence electrons. The Bertz CT molecular complexity index is 1360. The molecule has 4 aromatic rings. The van der Waals surface area contributed by atoms with Gasteiger partial charge >= 0.3 is 23.9 Å². The predicted octanol–water partition coefficient (Wildman–Crippen LogP) is 1.85. The van der Waals surface area contributed by atoms with Crippen LogP contribution in [0.3, 0.4) is 0 Å². The zero-order valence-corrected chi connectivity index (χ0v) is 17.7. The molecule has 0 saturated heterocycles. The molecule has 0 atom stereocenters. The van der Waals surface area contributed by atoms with Crippen LogP contribution in [-0.2, 0) is 0 Å². The second-order valence-electron chi connectivity index (χ2n) is 7.16. The monoisotopic (exact) mass is 488 g/mol. The molecule has 36 heavy (non-hydrogen) atoms. The lowest BCUT2D eigenvalue weighted by molar-refractivity contribution is 0.0676. The van der Waals surface area contributed by atoms with E-state index < -0.39 is 23.9 Å². The van der Waals surface area contributed by atoms with Gasteiger partial charge in [-0.1, -0.05) is 0 Å². The molecule has 0 aliphatic carbocycles. The Morgan fingerprint density at radius 1 is 0.444 bits per heavy atom. The van der Waals surface area contributed by atoms with Crippen LogP contribution in [0.25, 0.3) is 34.2 Å². The molecule has 0 bridgehead atoms. The highest BCUT2D eigenvalue weighted by Crippen LogP contribution is 2.23. The second kappa shape index (κ2) is 9.30. The van der Waals surface area contributed by atoms with E-state index in [2.05, 4.69) is 30.4 Å². The number of aromatic carboxylic acids is 4. The first kappa shape index (κ1) is 23.5. The number of hydrogen-bond acceptors (Lipinski definition) is 10. The van der Waals surface area contributed by atoms with Gasteiger partial charge in [0.05, 0.1) is 22.3 Å². The lowest BCUT2D eigenvalue weighted by atomic mass is 10.0. The summed E-state index contributed by atoms with van der Waals surface area (Å²) in [6, 6.07) is 6.92. The minimum atomic E-state index is -1.34. The van der Waals surface area contributed by atoms with Crippen molar-refractivity contribution in [3.63, 3.8) is 0 Å². The van der Waals surface area contributed by atoms with Gasteiger partial charge in [0.25, 0.3) is 0 Å². The van der Waals surface area contributed by atoms with Crippen molar-refractivity contribution in [1.82, 2.24) is 30.4 Å². The molecule has 4 rings (SSSR count). The number of benzene rings is 2. The molecule has 0 fully saturated rings. The van der Waals surface area contributed by atoms with E-state index in [0.717, 1.165) is 12.1 Å². The van der Waals surface area contributed by atoms with E-state index in [9.17, 15) is 39.6 Å². The SMILES string of the molecule is O=C(O)c1cc(C(=O)O)cc(-c2cnc(-c3nnc(-c4cc(C(=O)O)cc(C(=O)O)c4)nn3)nc2)c1. The Morgan fingerprint density at radius 2 is 0.806 bits per heavy atom. The summed E-state index contributed by atoms with van der Waals surface area (Å²) in [6.07, 6.45) is 2.61. The fourth-order valence-corrected chi connectivity index (χ4v) is 3.07. The topological polar surface area (TPSA) is 227 Å². The smallest absolute Gasteiger partial charge is 0.335 e. The van der Waals surface area contributed by atoms with Crippen LogP contribution in [0.15, 0.2) is 48.8 Å². The molecule has 14 nitrogen and oxygen atoms in total. The summed E-state index contributed by atoms with van der Waals surface area (Å²) in [6.45, 7) is 0. The van der Waals surface area contributed by atoms with Gasteiger partial charge in [-0.25, -0.2) is 29.1 Å². The highest BCUT2D eigenvalue weighted by molar-refractivity contribution is 5.96. The maximum atomic E-state index is 11.3. The molecule has 0 aliphatic rings. The number of rotatable bonds is 7. The van der Waals surface area contributed by atoms with Crippen LogP contribution in [0.2, 0.25) is 0 Å². The van der Waals surface area contributed by atoms with Crippen molar-refractivity contribution in [2.24, 2.45) is 0 Å². The summed E-state index contributed by atoms with van der Waals surface area (Å²) in [5, 5.41) is 52.3. The van der Waals surface area contributed by atoms with Gasteiger partial charge in [-0.2, -0.15) is 0 Å². The van der Waals surface area contributed by atoms with Crippen molar-refractivity contribution < 1.29 is 39.6 Å². The van der Waals surface area contributed by atoms with Crippen molar-refractivity contribution in [3.8, 4) is 34.2 Å². The Labute approximate surface area is 199 Å². The molecule has 2 heterocycles. The molecule has 4 N–H and O–H groups in total. The summed E-state index contributed by atoms with van der Waals surface area (Å²) in [5.74, 6) is -5.52. The molecule has 0 amide bonds. The minimum absolute atomic E-state index is 0.0105. The fraction of sp³-hybridized carbons (Fsp3) is 0. The fourth-order valence-electron chi connectivity index (χ4n) is 3.07. The number of aromatic nitrogens is 6. The predicted molar refractivity (Wildman–Crippen MR) is 117 cm³/mol. The standard InChI is InChI=1S/C22H12N6O8/c29-19(30)11-1-9(2-12(5-11)20(31)32)15-7-23-17(24-8-15)18-27-25-16(26-28-18)10-3-13(21(33)34)6-14(4-10)22(35)36/h1-8H,(H,29,30)(H,31,32)(H,33,34)(H,35,36). The highest BCUT2D eigenvalue weighted by Gasteiger charge is 2.16. The van der Waals surface area contributed by atoms with Gasteiger partial charge in [0.2, 0.25) is 17.5 Å². The molecule has 0 unspecified atom stereocenters. The summed E-state index contributed by atoms with van der Waals surface area (Å²) in [4.78, 5) is 53.4. The van der Waals surface area contributed by atoms with Crippen molar-refractivity contribution >= 4 is 23.9 Å². The van der Waals surface area contributed by atoms with Crippen LogP contribution < -0.4 is 0 Å². The third kappa shape index (κ3) is 4.81. The molecule has 0 spiro atoms. The quantitative estimate of drug-likeness (QED) is 0.291. The van der Waals surface area contributed by atoms with Crippen LogP contribution in [0.1, 0.15) is 41.4 Å². The Morgan fingerprint density at radius 3 is 1.19 bits per heavy atom. The van der Waals surface area contributed by atoms with Gasteiger partial charge in [-0.3, -0.25) is 0 Å². The third-order valence-electron chi connectivity index (χ3n) is 4.78. The molecule has 14 heteroatoms. The van der Waals surface area contributed by atoms with E-state index in [1.54, 1.807) is 0 Å². The first-order valence-electron chi connectivity index (χ1n) is 9.76. The molecular formula is C22H12N6O8. The molecule has 0 saturated carbocycles. The van der Waals surface area contributed by atoms with Crippen LogP contribution in [-0.4, -0.2) is 74.7 Å². The van der Waals surface area contributed by atoms with E-state index >= 15 is 0 Å². The van der Waals surface area contributed by atoms with Crippen LogP contribution in [0.4, 0.5) is 0 Å². The zero-order chi connectivity index (χ0) is 26.0. The Kier molecular flexibility index (Phi) is 6.07. The maximum absolute atomic E-state index is 11.3. The third-order valence-corrected chi connectivity index (χ3v) is 4.78. The summed E-state index contributed by atoms with van der Waals surface area (Å²) in [7, 11) is 0. The van der Waals surface area contributed by atoms with E-state index in [0.29, 0.717) is 5.56 Å². The van der Waals surface area contributed by atoms with Gasteiger partial charge in [0, 0.05) is 23.5 Å². The lowest BCUT2D eigenvalue weighted by Crippen LogP contribution is -2.06. The first-order chi connectivity index (χ1) is 17.1. The second-order valence-corrected chi connectivity index (χ2v) is 7.16. The highest BCUT2D eigenvalue weighted by atomic mass is 16.4. The van der Waals surface area contributed by atoms with Crippen LogP contribution >= 0.6 is 0 Å². The molecule has 0 radical (unpaired) electrons. The summed E-state index contributed by atoms with van der Waals surface area (Å²) in [5.41, 5.74) is -0.349. The van der Waals surface area contributed by atoms with Crippen LogP contribution in [0, 0.1) is 0 Å². The van der Waals surface area contributed by atoms with Crippen molar-refractivity contribution in [2.75, 3.05) is 0 Å². The maximum Gasteiger partial charge on any atom is 0.335 e. The average molecular weight is 488 g/mol. The molecular weight excluding hydrogens is 476 g/mol. The summed E-state index contributed by atoms with van der Waals surface area (Å²) < 4.78 is 0. The zero-order valence-electron chi connectivity index (χ0n) is 17.7. The van der Waals surface area contributed by atoms with Crippen molar-refractivity contribution in [1.29, 1.82) is 0 Å². The molecule has 2 aromatic heterocycles. The minimum Gasteiger partial charge on any atom is -0.478 e. The Hall–Kier alpha value is -5.66. The van der Waals surface area contributed by atoms with E-state index in [1.807, 2.05) is 0 Å². The number of hydrogen-bond donors (Lipinski definition) is 4. The van der Waals surface area contributed by atoms with Crippen molar-refractivity contribution in [2.45, 2.75) is 0 Å². The van der Waals surface area contributed by atoms with Gasteiger partial charge in [0.15, 0.2) is 0 Å². The van der Waals surface area contributed by atoms with E-state index in [4.69, 9.17) is 0 Å². The van der Waals surface area contributed by atoms with Gasteiger partial charge in [-0.15, -0.1) is 20.4 Å². The van der Waals surface area contributed by atoms with Gasteiger partial charge < -0.3 is 20.4 Å². The largest absolute Gasteiger partial charge is 0.478 e.